The first-order chi connectivity index (χ1) is 15.8. The summed E-state index contributed by atoms with van der Waals surface area (Å²) < 4.78 is 11.0. The second kappa shape index (κ2) is 9.03. The van der Waals surface area contributed by atoms with Gasteiger partial charge in [-0.1, -0.05) is 12.1 Å². The van der Waals surface area contributed by atoms with E-state index in [2.05, 4.69) is 0 Å². The van der Waals surface area contributed by atoms with Gasteiger partial charge >= 0.3 is 5.97 Å². The van der Waals surface area contributed by atoms with Gasteiger partial charge in [0.1, 0.15) is 18.1 Å². The Morgan fingerprint density at radius 1 is 1.21 bits per heavy atom. The molecule has 4 rings (SSSR count). The average molecular weight is 452 g/mol. The SMILES string of the molecule is CCOc1ccc(C2=C(C(=O)OCc3ccc([N+](=O)[O-])cc3)N3C(=O)[C@H]([C@@H](C)O)[C@H]3C2)cc1. The van der Waals surface area contributed by atoms with E-state index < -0.39 is 22.9 Å². The third-order valence-corrected chi connectivity index (χ3v) is 5.95. The number of ether oxygens (including phenoxy) is 2. The third kappa shape index (κ3) is 4.19. The molecule has 2 aromatic rings. The number of β-lactam (4-membered cyclic amide) rings is 1. The molecule has 1 amide bonds. The minimum absolute atomic E-state index is 0.0560. The lowest BCUT2D eigenvalue weighted by Crippen LogP contribution is -2.61. The number of fused-ring (bicyclic) bond motifs is 1. The van der Waals surface area contributed by atoms with Gasteiger partial charge < -0.3 is 19.5 Å². The van der Waals surface area contributed by atoms with Gasteiger partial charge in [0.15, 0.2) is 0 Å². The number of aliphatic hydroxyl groups is 1. The lowest BCUT2D eigenvalue weighted by Gasteiger charge is -2.44. The van der Waals surface area contributed by atoms with Crippen molar-refractivity contribution in [3.05, 3.63) is 75.5 Å². The minimum atomic E-state index is -0.823. The predicted molar refractivity (Wildman–Crippen MR) is 118 cm³/mol. The summed E-state index contributed by atoms with van der Waals surface area (Å²) in [5, 5.41) is 20.8. The van der Waals surface area contributed by atoms with Crippen molar-refractivity contribution < 1.29 is 29.1 Å². The molecule has 0 saturated carbocycles. The van der Waals surface area contributed by atoms with E-state index in [0.717, 1.165) is 5.56 Å². The molecule has 3 atom stereocenters. The van der Waals surface area contributed by atoms with Gasteiger partial charge in [-0.05, 0) is 61.2 Å². The fourth-order valence-corrected chi connectivity index (χ4v) is 4.37. The van der Waals surface area contributed by atoms with Crippen LogP contribution in [0.25, 0.3) is 5.57 Å². The van der Waals surface area contributed by atoms with Crippen molar-refractivity contribution in [2.45, 2.75) is 39.0 Å². The van der Waals surface area contributed by atoms with Crippen molar-refractivity contribution in [3.63, 3.8) is 0 Å². The molecule has 33 heavy (non-hydrogen) atoms. The van der Waals surface area contributed by atoms with Crippen LogP contribution in [0, 0.1) is 16.0 Å². The molecule has 0 radical (unpaired) electrons. The van der Waals surface area contributed by atoms with Crippen molar-refractivity contribution in [1.82, 2.24) is 4.90 Å². The molecule has 1 N–H and O–H groups in total. The lowest BCUT2D eigenvalue weighted by molar-refractivity contribution is -0.384. The van der Waals surface area contributed by atoms with Crippen LogP contribution in [0.2, 0.25) is 0 Å². The molecule has 0 aromatic heterocycles. The third-order valence-electron chi connectivity index (χ3n) is 5.95. The molecule has 2 aliphatic rings. The Morgan fingerprint density at radius 3 is 2.45 bits per heavy atom. The molecule has 0 bridgehead atoms. The number of carbonyl (C=O) groups excluding carboxylic acids is 2. The number of benzene rings is 2. The maximum Gasteiger partial charge on any atom is 0.355 e. The molecule has 2 heterocycles. The van der Waals surface area contributed by atoms with Crippen LogP contribution < -0.4 is 4.74 Å². The van der Waals surface area contributed by atoms with Crippen LogP contribution in [0.5, 0.6) is 5.75 Å². The second-order valence-corrected chi connectivity index (χ2v) is 8.03. The summed E-state index contributed by atoms with van der Waals surface area (Å²) in [7, 11) is 0. The molecule has 9 nitrogen and oxygen atoms in total. The number of nitrogens with zero attached hydrogens (tertiary/aromatic N) is 2. The van der Waals surface area contributed by atoms with Gasteiger partial charge in [0, 0.05) is 12.1 Å². The van der Waals surface area contributed by atoms with Crippen molar-refractivity contribution in [2.75, 3.05) is 6.61 Å². The van der Waals surface area contributed by atoms with E-state index in [1.54, 1.807) is 19.1 Å². The molecule has 1 fully saturated rings. The monoisotopic (exact) mass is 452 g/mol. The number of amides is 1. The first-order valence-electron chi connectivity index (χ1n) is 10.7. The highest BCUT2D eigenvalue weighted by Gasteiger charge is 2.57. The van der Waals surface area contributed by atoms with Gasteiger partial charge in [-0.15, -0.1) is 0 Å². The summed E-state index contributed by atoms with van der Waals surface area (Å²) >= 11 is 0. The standard InChI is InChI=1S/C24H24N2O7/c1-3-32-18-10-6-16(7-11-18)19-12-20-21(14(2)27)23(28)25(20)22(19)24(29)33-13-15-4-8-17(9-5-15)26(30)31/h4-11,14,20-21,27H,3,12-13H2,1-2H3/t14-,20-,21-/m1/s1. The Kier molecular flexibility index (Phi) is 6.15. The zero-order chi connectivity index (χ0) is 23.7. The second-order valence-electron chi connectivity index (χ2n) is 8.03. The summed E-state index contributed by atoms with van der Waals surface area (Å²) in [4.78, 5) is 37.5. The highest BCUT2D eigenvalue weighted by atomic mass is 16.6. The van der Waals surface area contributed by atoms with Gasteiger partial charge in [-0.2, -0.15) is 0 Å². The number of carbonyl (C=O) groups is 2. The molecular weight excluding hydrogens is 428 g/mol. The molecule has 9 heteroatoms. The maximum absolute atomic E-state index is 13.1. The van der Waals surface area contributed by atoms with Gasteiger partial charge in [-0.3, -0.25) is 14.9 Å². The Balaban J connectivity index is 1.59. The van der Waals surface area contributed by atoms with Crippen molar-refractivity contribution >= 4 is 23.1 Å². The van der Waals surface area contributed by atoms with Crippen LogP contribution in [0.15, 0.2) is 54.2 Å². The number of nitro groups is 1. The fraction of sp³-hybridized carbons (Fsp3) is 0.333. The molecule has 1 saturated heterocycles. The fourth-order valence-electron chi connectivity index (χ4n) is 4.37. The van der Waals surface area contributed by atoms with E-state index in [0.29, 0.717) is 29.9 Å². The molecule has 0 unspecified atom stereocenters. The van der Waals surface area contributed by atoms with Gasteiger partial charge in [0.2, 0.25) is 5.91 Å². The number of esters is 1. The van der Waals surface area contributed by atoms with E-state index in [1.165, 1.54) is 29.2 Å². The van der Waals surface area contributed by atoms with E-state index in [1.807, 2.05) is 19.1 Å². The summed E-state index contributed by atoms with van der Waals surface area (Å²) in [6.07, 6.45) is -0.395. The minimum Gasteiger partial charge on any atom is -0.494 e. The summed E-state index contributed by atoms with van der Waals surface area (Å²) in [5.41, 5.74) is 2.15. The van der Waals surface area contributed by atoms with Crippen LogP contribution in [-0.4, -0.2) is 45.6 Å². The van der Waals surface area contributed by atoms with Crippen LogP contribution in [0.4, 0.5) is 5.69 Å². The zero-order valence-electron chi connectivity index (χ0n) is 18.3. The highest BCUT2D eigenvalue weighted by molar-refractivity contribution is 6.06. The van der Waals surface area contributed by atoms with E-state index in [4.69, 9.17) is 9.47 Å². The largest absolute Gasteiger partial charge is 0.494 e. The topological polar surface area (TPSA) is 119 Å². The molecule has 0 spiro atoms. The summed E-state index contributed by atoms with van der Waals surface area (Å²) in [5.74, 6) is -0.832. The van der Waals surface area contributed by atoms with Gasteiger partial charge in [0.25, 0.3) is 5.69 Å². The van der Waals surface area contributed by atoms with Gasteiger partial charge in [-0.25, -0.2) is 4.79 Å². The van der Waals surface area contributed by atoms with Crippen LogP contribution in [-0.2, 0) is 20.9 Å². The van der Waals surface area contributed by atoms with E-state index in [-0.39, 0.29) is 29.9 Å². The smallest absolute Gasteiger partial charge is 0.355 e. The number of non-ortho nitro benzene ring substituents is 1. The normalized spacial score (nSPS) is 20.2. The number of hydrogen-bond donors (Lipinski definition) is 1. The van der Waals surface area contributed by atoms with Crippen molar-refractivity contribution in [2.24, 2.45) is 5.92 Å². The Hall–Kier alpha value is -3.72. The van der Waals surface area contributed by atoms with Crippen molar-refractivity contribution in [3.8, 4) is 5.75 Å². The highest BCUT2D eigenvalue weighted by Crippen LogP contribution is 2.47. The summed E-state index contributed by atoms with van der Waals surface area (Å²) in [6.45, 7) is 3.90. The first-order valence-corrected chi connectivity index (χ1v) is 10.7. The maximum atomic E-state index is 13.1. The molecule has 0 aliphatic carbocycles. The Morgan fingerprint density at radius 2 is 1.88 bits per heavy atom. The number of nitro benzene ring substituents is 1. The number of rotatable bonds is 8. The number of aliphatic hydroxyl groups excluding tert-OH is 1. The van der Waals surface area contributed by atoms with E-state index >= 15 is 0 Å². The molecule has 2 aromatic carbocycles. The Labute approximate surface area is 190 Å². The van der Waals surface area contributed by atoms with Gasteiger partial charge in [0.05, 0.1) is 29.6 Å². The number of hydrogen-bond acceptors (Lipinski definition) is 7. The molecule has 172 valence electrons. The average Bonchev–Trinajstić information content (AvgIpc) is 3.13. The predicted octanol–water partition coefficient (Wildman–Crippen LogP) is 3.06. The zero-order valence-corrected chi connectivity index (χ0v) is 18.3. The van der Waals surface area contributed by atoms with Crippen LogP contribution >= 0.6 is 0 Å². The van der Waals surface area contributed by atoms with E-state index in [9.17, 15) is 24.8 Å². The lowest BCUT2D eigenvalue weighted by atomic mass is 9.82. The summed E-state index contributed by atoms with van der Waals surface area (Å²) in [6, 6.07) is 12.7. The first kappa shape index (κ1) is 22.5. The molecule has 2 aliphatic heterocycles. The van der Waals surface area contributed by atoms with Crippen LogP contribution in [0.1, 0.15) is 31.4 Å². The quantitative estimate of drug-likeness (QED) is 0.283. The van der Waals surface area contributed by atoms with Crippen molar-refractivity contribution in [1.29, 1.82) is 0 Å². The Bertz CT molecular complexity index is 1110. The van der Waals surface area contributed by atoms with Crippen LogP contribution in [0.3, 0.4) is 0 Å². The molecular formula is C24H24N2O7.